The van der Waals surface area contributed by atoms with Crippen LogP contribution in [-0.2, 0) is 11.3 Å². The molecule has 1 amide bonds. The number of nitrogens with one attached hydrogen (secondary N) is 1. The van der Waals surface area contributed by atoms with Crippen LogP contribution in [0.1, 0.15) is 5.56 Å². The van der Waals surface area contributed by atoms with Gasteiger partial charge in [-0.25, -0.2) is 4.79 Å². The van der Waals surface area contributed by atoms with Crippen LogP contribution in [0.3, 0.4) is 0 Å². The van der Waals surface area contributed by atoms with Gasteiger partial charge in [0.15, 0.2) is 6.61 Å². The molecular formula is C19H17NO5. The third-order valence-electron chi connectivity index (χ3n) is 3.61. The minimum absolute atomic E-state index is 0.126. The standard InChI is InChI=1S/C19H17NO5/c1-23-15-6-2-13(3-7-15)11-20-18(21)12-24-16-8-4-14-5-9-19(22)25-17(14)10-16/h2-10H,11-12H2,1H3,(H,20,21). The van der Waals surface area contributed by atoms with E-state index in [4.69, 9.17) is 13.9 Å². The second-order valence-corrected chi connectivity index (χ2v) is 5.37. The van der Waals surface area contributed by atoms with Crippen LogP contribution in [0.25, 0.3) is 11.0 Å². The second kappa shape index (κ2) is 7.53. The van der Waals surface area contributed by atoms with Crippen molar-refractivity contribution in [3.05, 3.63) is 70.6 Å². The van der Waals surface area contributed by atoms with E-state index < -0.39 is 5.63 Å². The van der Waals surface area contributed by atoms with Gasteiger partial charge < -0.3 is 19.2 Å². The van der Waals surface area contributed by atoms with Crippen molar-refractivity contribution in [1.82, 2.24) is 5.32 Å². The molecule has 6 nitrogen and oxygen atoms in total. The Balaban J connectivity index is 1.53. The Labute approximate surface area is 144 Å². The van der Waals surface area contributed by atoms with Gasteiger partial charge in [0.25, 0.3) is 5.91 Å². The molecular weight excluding hydrogens is 322 g/mol. The summed E-state index contributed by atoms with van der Waals surface area (Å²) in [6.45, 7) is 0.275. The summed E-state index contributed by atoms with van der Waals surface area (Å²) in [6.07, 6.45) is 0. The van der Waals surface area contributed by atoms with Crippen molar-refractivity contribution < 1.29 is 18.7 Å². The topological polar surface area (TPSA) is 77.8 Å². The number of rotatable bonds is 6. The molecule has 25 heavy (non-hydrogen) atoms. The van der Waals surface area contributed by atoms with Crippen molar-refractivity contribution in [3.63, 3.8) is 0 Å². The van der Waals surface area contributed by atoms with Gasteiger partial charge in [0, 0.05) is 24.1 Å². The Bertz CT molecular complexity index is 930. The molecule has 0 aliphatic rings. The van der Waals surface area contributed by atoms with E-state index >= 15 is 0 Å². The molecule has 1 heterocycles. The van der Waals surface area contributed by atoms with E-state index in [-0.39, 0.29) is 12.5 Å². The normalized spacial score (nSPS) is 10.4. The van der Waals surface area contributed by atoms with Gasteiger partial charge in [-0.1, -0.05) is 12.1 Å². The van der Waals surface area contributed by atoms with E-state index in [2.05, 4.69) is 5.32 Å². The van der Waals surface area contributed by atoms with Crippen LogP contribution in [-0.4, -0.2) is 19.6 Å². The maximum Gasteiger partial charge on any atom is 0.336 e. The average molecular weight is 339 g/mol. The quantitative estimate of drug-likeness (QED) is 0.698. The number of hydrogen-bond donors (Lipinski definition) is 1. The number of carbonyl (C=O) groups is 1. The lowest BCUT2D eigenvalue weighted by molar-refractivity contribution is -0.123. The molecule has 128 valence electrons. The molecule has 0 fully saturated rings. The van der Waals surface area contributed by atoms with Crippen LogP contribution in [0.15, 0.2) is 63.8 Å². The molecule has 1 aromatic heterocycles. The zero-order valence-corrected chi connectivity index (χ0v) is 13.7. The van der Waals surface area contributed by atoms with Gasteiger partial charge in [0.1, 0.15) is 17.1 Å². The number of benzene rings is 2. The zero-order valence-electron chi connectivity index (χ0n) is 13.7. The molecule has 0 spiro atoms. The van der Waals surface area contributed by atoms with Gasteiger partial charge in [-0.05, 0) is 35.9 Å². The number of fused-ring (bicyclic) bond motifs is 1. The summed E-state index contributed by atoms with van der Waals surface area (Å²) in [5.41, 5.74) is 0.951. The van der Waals surface area contributed by atoms with Gasteiger partial charge in [0.05, 0.1) is 7.11 Å². The lowest BCUT2D eigenvalue weighted by Crippen LogP contribution is -2.28. The highest BCUT2D eigenvalue weighted by Gasteiger charge is 2.05. The van der Waals surface area contributed by atoms with Gasteiger partial charge in [-0.2, -0.15) is 0 Å². The predicted octanol–water partition coefficient (Wildman–Crippen LogP) is 2.50. The molecule has 1 N–H and O–H groups in total. The summed E-state index contributed by atoms with van der Waals surface area (Å²) in [4.78, 5) is 23.1. The first-order chi connectivity index (χ1) is 12.1. The fourth-order valence-corrected chi connectivity index (χ4v) is 2.27. The molecule has 0 unspecified atom stereocenters. The zero-order chi connectivity index (χ0) is 17.6. The lowest BCUT2D eigenvalue weighted by atomic mass is 10.2. The molecule has 2 aromatic carbocycles. The first kappa shape index (κ1) is 16.6. The van der Waals surface area contributed by atoms with Crippen molar-refractivity contribution >= 4 is 16.9 Å². The lowest BCUT2D eigenvalue weighted by Gasteiger charge is -2.08. The van der Waals surface area contributed by atoms with Gasteiger partial charge >= 0.3 is 5.63 Å². The molecule has 6 heteroatoms. The Morgan fingerprint density at radius 2 is 1.76 bits per heavy atom. The van der Waals surface area contributed by atoms with Crippen molar-refractivity contribution in [2.24, 2.45) is 0 Å². The van der Waals surface area contributed by atoms with Gasteiger partial charge in [-0.15, -0.1) is 0 Å². The van der Waals surface area contributed by atoms with Gasteiger partial charge in [-0.3, -0.25) is 4.79 Å². The van der Waals surface area contributed by atoms with E-state index in [1.165, 1.54) is 6.07 Å². The number of amides is 1. The summed E-state index contributed by atoms with van der Waals surface area (Å²) in [5.74, 6) is 0.980. The Hall–Kier alpha value is -3.28. The minimum atomic E-state index is -0.429. The Morgan fingerprint density at radius 3 is 2.52 bits per heavy atom. The maximum atomic E-state index is 11.9. The monoisotopic (exact) mass is 339 g/mol. The molecule has 0 saturated carbocycles. The van der Waals surface area contributed by atoms with E-state index in [9.17, 15) is 9.59 Å². The van der Waals surface area contributed by atoms with Crippen molar-refractivity contribution in [3.8, 4) is 11.5 Å². The van der Waals surface area contributed by atoms with Crippen LogP contribution in [0.2, 0.25) is 0 Å². The molecule has 3 aromatic rings. The fourth-order valence-electron chi connectivity index (χ4n) is 2.27. The highest BCUT2D eigenvalue weighted by molar-refractivity contribution is 5.79. The summed E-state index contributed by atoms with van der Waals surface area (Å²) in [7, 11) is 1.60. The SMILES string of the molecule is COc1ccc(CNC(=O)COc2ccc3ccc(=O)oc3c2)cc1. The van der Waals surface area contributed by atoms with Crippen LogP contribution >= 0.6 is 0 Å². The first-order valence-corrected chi connectivity index (χ1v) is 7.70. The van der Waals surface area contributed by atoms with Crippen LogP contribution in [0, 0.1) is 0 Å². The smallest absolute Gasteiger partial charge is 0.336 e. The fraction of sp³-hybridized carbons (Fsp3) is 0.158. The maximum absolute atomic E-state index is 11.9. The van der Waals surface area contributed by atoms with E-state index in [0.29, 0.717) is 17.9 Å². The van der Waals surface area contributed by atoms with Crippen LogP contribution in [0.4, 0.5) is 0 Å². The molecule has 3 rings (SSSR count). The number of methoxy groups -OCH3 is 1. The highest BCUT2D eigenvalue weighted by atomic mass is 16.5. The number of hydrogen-bond acceptors (Lipinski definition) is 5. The summed E-state index contributed by atoms with van der Waals surface area (Å²) in [6, 6.07) is 15.5. The van der Waals surface area contributed by atoms with E-state index in [1.54, 1.807) is 31.4 Å². The van der Waals surface area contributed by atoms with Crippen molar-refractivity contribution in [2.75, 3.05) is 13.7 Å². The third kappa shape index (κ3) is 4.38. The second-order valence-electron chi connectivity index (χ2n) is 5.37. The predicted molar refractivity (Wildman–Crippen MR) is 92.8 cm³/mol. The molecule has 0 aliphatic heterocycles. The summed E-state index contributed by atoms with van der Waals surface area (Å²) < 4.78 is 15.6. The van der Waals surface area contributed by atoms with Crippen LogP contribution in [0.5, 0.6) is 11.5 Å². The van der Waals surface area contributed by atoms with E-state index in [0.717, 1.165) is 16.7 Å². The van der Waals surface area contributed by atoms with Crippen molar-refractivity contribution in [2.45, 2.75) is 6.54 Å². The third-order valence-corrected chi connectivity index (χ3v) is 3.61. The van der Waals surface area contributed by atoms with Crippen LogP contribution < -0.4 is 20.4 Å². The first-order valence-electron chi connectivity index (χ1n) is 7.70. The Kier molecular flexibility index (Phi) is 4.99. The summed E-state index contributed by atoms with van der Waals surface area (Å²) in [5, 5.41) is 3.56. The number of ether oxygens (including phenoxy) is 2. The molecule has 0 aliphatic carbocycles. The van der Waals surface area contributed by atoms with Crippen molar-refractivity contribution in [1.29, 1.82) is 0 Å². The average Bonchev–Trinajstić information content (AvgIpc) is 2.64. The number of carbonyl (C=O) groups excluding carboxylic acids is 1. The largest absolute Gasteiger partial charge is 0.497 e. The molecule has 0 atom stereocenters. The molecule has 0 saturated heterocycles. The Morgan fingerprint density at radius 1 is 1.04 bits per heavy atom. The molecule has 0 bridgehead atoms. The summed E-state index contributed by atoms with van der Waals surface area (Å²) >= 11 is 0. The van der Waals surface area contributed by atoms with E-state index in [1.807, 2.05) is 24.3 Å². The molecule has 0 radical (unpaired) electrons. The minimum Gasteiger partial charge on any atom is -0.497 e. The highest BCUT2D eigenvalue weighted by Crippen LogP contribution is 2.19. The van der Waals surface area contributed by atoms with Gasteiger partial charge in [0.2, 0.25) is 0 Å².